The summed E-state index contributed by atoms with van der Waals surface area (Å²) < 4.78 is 0. The molecule has 0 saturated heterocycles. The average Bonchev–Trinajstić information content (AvgIpc) is 3.27. The fraction of sp³-hybridized carbons (Fsp3) is 0.619. The van der Waals surface area contributed by atoms with Gasteiger partial charge in [0, 0.05) is 24.9 Å². The van der Waals surface area contributed by atoms with Gasteiger partial charge in [0.25, 0.3) is 0 Å². The number of hydrogen-bond acceptors (Lipinski definition) is 7. The number of carboxylic acid groups (broad SMARTS) is 1. The van der Waals surface area contributed by atoms with Crippen LogP contribution in [0.25, 0.3) is 0 Å². The van der Waals surface area contributed by atoms with Gasteiger partial charge in [0.05, 0.1) is 12.4 Å². The van der Waals surface area contributed by atoms with Gasteiger partial charge in [-0.25, -0.2) is 9.78 Å². The van der Waals surface area contributed by atoms with Crippen LogP contribution in [0.2, 0.25) is 0 Å². The van der Waals surface area contributed by atoms with Gasteiger partial charge in [-0.1, -0.05) is 13.8 Å². The standard InChI is InChI=1S/C21H37N9O5/c1-11(2)7-16(20(34)35)30-19(33)15(5-4-6-26-21(23)24)29-17(31)12(3)28-18(32)14(22)8-13-9-25-10-27-13/h9-12,14-16H,4-8,22H2,1-3H3,(H,25,27)(H,28,32)(H,29,31)(H,30,33)(H,34,35)(H4,23,24,26). The number of aliphatic carboxylic acids is 1. The van der Waals surface area contributed by atoms with Crippen LogP contribution in [0.4, 0.5) is 0 Å². The summed E-state index contributed by atoms with van der Waals surface area (Å²) in [6.45, 7) is 5.32. The second-order valence-corrected chi connectivity index (χ2v) is 8.66. The van der Waals surface area contributed by atoms with Crippen molar-refractivity contribution in [1.82, 2.24) is 25.9 Å². The van der Waals surface area contributed by atoms with Gasteiger partial charge in [0.2, 0.25) is 17.7 Å². The molecule has 14 heteroatoms. The number of nitrogens with zero attached hydrogens (tertiary/aromatic N) is 2. The third-order valence-electron chi connectivity index (χ3n) is 4.98. The first-order chi connectivity index (χ1) is 16.4. The number of imidazole rings is 1. The van der Waals surface area contributed by atoms with E-state index in [1.807, 2.05) is 13.8 Å². The predicted octanol–water partition coefficient (Wildman–Crippen LogP) is -2.06. The smallest absolute Gasteiger partial charge is 0.326 e. The Morgan fingerprint density at radius 3 is 2.26 bits per heavy atom. The van der Waals surface area contributed by atoms with Crippen LogP contribution in [0.15, 0.2) is 17.5 Å². The number of guanidine groups is 1. The summed E-state index contributed by atoms with van der Waals surface area (Å²) in [6.07, 6.45) is 3.90. The monoisotopic (exact) mass is 495 g/mol. The second-order valence-electron chi connectivity index (χ2n) is 8.66. The molecular weight excluding hydrogens is 458 g/mol. The largest absolute Gasteiger partial charge is 0.480 e. The number of hydrogen-bond donors (Lipinski definition) is 8. The van der Waals surface area contributed by atoms with E-state index in [1.54, 1.807) is 6.20 Å². The zero-order chi connectivity index (χ0) is 26.5. The van der Waals surface area contributed by atoms with Crippen LogP contribution in [0.3, 0.4) is 0 Å². The molecule has 4 atom stereocenters. The van der Waals surface area contributed by atoms with E-state index < -0.39 is 47.9 Å². The average molecular weight is 496 g/mol. The molecule has 0 fully saturated rings. The van der Waals surface area contributed by atoms with Gasteiger partial charge in [-0.15, -0.1) is 0 Å². The van der Waals surface area contributed by atoms with Gasteiger partial charge < -0.3 is 43.2 Å². The van der Waals surface area contributed by atoms with Crippen molar-refractivity contribution in [2.24, 2.45) is 28.1 Å². The fourth-order valence-corrected chi connectivity index (χ4v) is 3.15. The molecule has 14 nitrogen and oxygen atoms in total. The number of aliphatic imine (C=N–C) groups is 1. The van der Waals surface area contributed by atoms with E-state index >= 15 is 0 Å². The summed E-state index contributed by atoms with van der Waals surface area (Å²) in [5.74, 6) is -3.12. The molecule has 3 amide bonds. The van der Waals surface area contributed by atoms with Gasteiger partial charge in [0.15, 0.2) is 5.96 Å². The Morgan fingerprint density at radius 1 is 1.06 bits per heavy atom. The molecule has 1 rings (SSSR count). The molecule has 196 valence electrons. The summed E-state index contributed by atoms with van der Waals surface area (Å²) in [5.41, 5.74) is 17.2. The maximum atomic E-state index is 12.8. The van der Waals surface area contributed by atoms with Crippen molar-refractivity contribution >= 4 is 29.7 Å². The summed E-state index contributed by atoms with van der Waals surface area (Å²) in [5, 5.41) is 17.0. The van der Waals surface area contributed by atoms with E-state index in [1.165, 1.54) is 13.3 Å². The highest BCUT2D eigenvalue weighted by molar-refractivity contribution is 5.93. The first-order valence-corrected chi connectivity index (χ1v) is 11.3. The summed E-state index contributed by atoms with van der Waals surface area (Å²) in [7, 11) is 0. The van der Waals surface area contributed by atoms with Crippen molar-refractivity contribution < 1.29 is 24.3 Å². The highest BCUT2D eigenvalue weighted by Gasteiger charge is 2.29. The fourth-order valence-electron chi connectivity index (χ4n) is 3.15. The Kier molecular flexibility index (Phi) is 12.2. The van der Waals surface area contributed by atoms with Crippen molar-refractivity contribution in [3.8, 4) is 0 Å². The van der Waals surface area contributed by atoms with Gasteiger partial charge in [0.1, 0.15) is 18.1 Å². The van der Waals surface area contributed by atoms with Crippen LogP contribution >= 0.6 is 0 Å². The van der Waals surface area contributed by atoms with Crippen molar-refractivity contribution in [2.75, 3.05) is 6.54 Å². The normalized spacial score (nSPS) is 14.3. The molecule has 4 unspecified atom stereocenters. The van der Waals surface area contributed by atoms with E-state index in [-0.39, 0.29) is 37.7 Å². The zero-order valence-corrected chi connectivity index (χ0v) is 20.3. The highest BCUT2D eigenvalue weighted by atomic mass is 16.4. The van der Waals surface area contributed by atoms with Crippen molar-refractivity contribution in [3.05, 3.63) is 18.2 Å². The highest BCUT2D eigenvalue weighted by Crippen LogP contribution is 2.07. The number of H-pyrrole nitrogens is 1. The Morgan fingerprint density at radius 2 is 1.71 bits per heavy atom. The number of carbonyl (C=O) groups excluding carboxylic acids is 3. The maximum absolute atomic E-state index is 12.8. The van der Waals surface area contributed by atoms with Crippen LogP contribution in [0.1, 0.15) is 45.7 Å². The van der Waals surface area contributed by atoms with Crippen LogP contribution in [-0.2, 0) is 25.6 Å². The molecule has 0 bridgehead atoms. The molecule has 0 aliphatic carbocycles. The number of aromatic amines is 1. The van der Waals surface area contributed by atoms with Gasteiger partial charge in [-0.3, -0.25) is 19.4 Å². The Balaban J connectivity index is 2.80. The van der Waals surface area contributed by atoms with Crippen molar-refractivity contribution in [2.45, 2.75) is 70.6 Å². The molecule has 0 aromatic carbocycles. The van der Waals surface area contributed by atoms with E-state index in [4.69, 9.17) is 17.2 Å². The molecular formula is C21H37N9O5. The minimum atomic E-state index is -1.18. The lowest BCUT2D eigenvalue weighted by molar-refractivity contribution is -0.142. The minimum absolute atomic E-state index is 0.0208. The van der Waals surface area contributed by atoms with E-state index in [2.05, 4.69) is 30.9 Å². The lowest BCUT2D eigenvalue weighted by Crippen LogP contribution is -2.56. The van der Waals surface area contributed by atoms with E-state index in [9.17, 15) is 24.3 Å². The molecule has 1 aromatic rings. The molecule has 0 aliphatic heterocycles. The minimum Gasteiger partial charge on any atom is -0.480 e. The third-order valence-corrected chi connectivity index (χ3v) is 4.98. The molecule has 0 saturated carbocycles. The zero-order valence-electron chi connectivity index (χ0n) is 20.3. The van der Waals surface area contributed by atoms with Crippen LogP contribution in [0, 0.1) is 5.92 Å². The van der Waals surface area contributed by atoms with Crippen LogP contribution in [0.5, 0.6) is 0 Å². The molecule has 0 spiro atoms. The number of carboxylic acids is 1. The summed E-state index contributed by atoms with van der Waals surface area (Å²) in [4.78, 5) is 60.0. The molecule has 1 aromatic heterocycles. The van der Waals surface area contributed by atoms with Gasteiger partial charge in [-0.2, -0.15) is 0 Å². The van der Waals surface area contributed by atoms with Crippen LogP contribution in [-0.4, -0.2) is 75.4 Å². The van der Waals surface area contributed by atoms with E-state index in [0.29, 0.717) is 12.1 Å². The number of nitrogens with one attached hydrogen (secondary N) is 4. The van der Waals surface area contributed by atoms with Gasteiger partial charge >= 0.3 is 5.97 Å². The Labute approximate surface area is 203 Å². The molecule has 0 radical (unpaired) electrons. The summed E-state index contributed by atoms with van der Waals surface area (Å²) in [6, 6.07) is -4.10. The van der Waals surface area contributed by atoms with Crippen LogP contribution < -0.4 is 33.2 Å². The number of amides is 3. The SMILES string of the molecule is CC(C)CC(NC(=O)C(CCCN=C(N)N)NC(=O)C(C)NC(=O)C(N)Cc1cnc[nH]1)C(=O)O. The van der Waals surface area contributed by atoms with Gasteiger partial charge in [-0.05, 0) is 32.1 Å². The number of nitrogens with two attached hydrogens (primary N) is 3. The Hall–Kier alpha value is -3.68. The quantitative estimate of drug-likeness (QED) is 0.0756. The van der Waals surface area contributed by atoms with E-state index in [0.717, 1.165) is 0 Å². The third kappa shape index (κ3) is 11.3. The lowest BCUT2D eigenvalue weighted by Gasteiger charge is -2.24. The summed E-state index contributed by atoms with van der Waals surface area (Å²) >= 11 is 0. The first kappa shape index (κ1) is 29.4. The number of carbonyl (C=O) groups is 4. The molecule has 35 heavy (non-hydrogen) atoms. The molecule has 0 aliphatic rings. The van der Waals surface area contributed by atoms with Crippen molar-refractivity contribution in [3.63, 3.8) is 0 Å². The lowest BCUT2D eigenvalue weighted by atomic mass is 10.0. The second kappa shape index (κ2) is 14.6. The Bertz CT molecular complexity index is 869. The van der Waals surface area contributed by atoms with Crippen molar-refractivity contribution in [1.29, 1.82) is 0 Å². The number of rotatable bonds is 15. The predicted molar refractivity (Wildman–Crippen MR) is 129 cm³/mol. The maximum Gasteiger partial charge on any atom is 0.326 e. The molecule has 1 heterocycles. The topological polar surface area (TPSA) is 244 Å². The number of aromatic nitrogens is 2. The molecule has 11 N–H and O–H groups in total. The first-order valence-electron chi connectivity index (χ1n) is 11.3.